The molecule has 0 spiro atoms. The monoisotopic (exact) mass is 602 g/mol. The molecule has 0 saturated carbocycles. The summed E-state index contributed by atoms with van der Waals surface area (Å²) in [4.78, 5) is 11.3. The van der Waals surface area contributed by atoms with Gasteiger partial charge < -0.3 is 22.1 Å². The van der Waals surface area contributed by atoms with E-state index in [1.807, 2.05) is 48.5 Å². The Kier molecular flexibility index (Phi) is 8.41. The van der Waals surface area contributed by atoms with Crippen molar-refractivity contribution in [3.63, 3.8) is 0 Å². The molecule has 0 atom stereocenters. The largest absolute Gasteiger partial charge is 0.399 e. The van der Waals surface area contributed by atoms with Gasteiger partial charge >= 0.3 is 0 Å². The Morgan fingerprint density at radius 2 is 1.12 bits per heavy atom. The van der Waals surface area contributed by atoms with Crippen molar-refractivity contribution >= 4 is 87.4 Å². The minimum Gasteiger partial charge on any atom is -0.399 e. The van der Waals surface area contributed by atoms with Crippen molar-refractivity contribution in [2.24, 2.45) is 0 Å². The second-order valence-electron chi connectivity index (χ2n) is 9.48. The molecule has 0 aliphatic carbocycles. The van der Waals surface area contributed by atoms with Crippen LogP contribution in [0.25, 0.3) is 31.6 Å². The number of nitrogens with two attached hydrogens (primary N) is 3. The molecule has 10 heteroatoms. The molecule has 0 aliphatic heterocycles. The van der Waals surface area contributed by atoms with E-state index in [-0.39, 0.29) is 0 Å². The van der Waals surface area contributed by atoms with Crippen molar-refractivity contribution < 1.29 is 0 Å². The first-order valence-electron chi connectivity index (χ1n) is 12.5. The van der Waals surface area contributed by atoms with E-state index < -0.39 is 0 Å². The average Bonchev–Trinajstić information content (AvgIpc) is 3.52. The summed E-state index contributed by atoms with van der Waals surface area (Å²) in [5, 5.41) is 0. The average molecular weight is 603 g/mol. The van der Waals surface area contributed by atoms with Gasteiger partial charge in [-0.15, -0.1) is 22.7 Å². The summed E-state index contributed by atoms with van der Waals surface area (Å²) in [5.74, 6) is 0. The number of aromatic nitrogens is 2. The van der Waals surface area contributed by atoms with Crippen LogP contribution in [0.4, 0.5) is 22.7 Å². The van der Waals surface area contributed by atoms with Crippen molar-refractivity contribution in [3.8, 4) is 11.1 Å². The van der Waals surface area contributed by atoms with Crippen LogP contribution in [0.3, 0.4) is 0 Å². The molecule has 6 rings (SSSR count). The zero-order chi connectivity index (χ0) is 28.4. The lowest BCUT2D eigenvalue weighted by molar-refractivity contribution is 1.11. The van der Waals surface area contributed by atoms with Crippen LogP contribution in [0.2, 0.25) is 0 Å². The highest BCUT2D eigenvalue weighted by atomic mass is 33.1. The van der Waals surface area contributed by atoms with Crippen molar-refractivity contribution in [3.05, 3.63) is 83.9 Å². The van der Waals surface area contributed by atoms with Crippen molar-refractivity contribution in [1.82, 2.24) is 9.97 Å². The summed E-state index contributed by atoms with van der Waals surface area (Å²) >= 11 is 3.30. The van der Waals surface area contributed by atoms with Gasteiger partial charge in [0.15, 0.2) is 8.68 Å². The summed E-state index contributed by atoms with van der Waals surface area (Å²) in [6.07, 6.45) is 0. The first-order chi connectivity index (χ1) is 19.2. The van der Waals surface area contributed by atoms with Gasteiger partial charge in [0.2, 0.25) is 0 Å². The highest BCUT2D eigenvalue weighted by Crippen LogP contribution is 2.43. The minimum absolute atomic E-state index is 0.768. The fourth-order valence-corrected chi connectivity index (χ4v) is 8.84. The Morgan fingerprint density at radius 1 is 0.625 bits per heavy atom. The second-order valence-corrected chi connectivity index (χ2v) is 14.2. The lowest BCUT2D eigenvalue weighted by Gasteiger charge is -2.19. The Morgan fingerprint density at radius 3 is 1.62 bits per heavy atom. The Hall–Kier alpha value is -3.44. The van der Waals surface area contributed by atoms with Crippen LogP contribution >= 0.6 is 44.3 Å². The second kappa shape index (κ2) is 12.0. The molecule has 6 nitrogen and oxygen atoms in total. The highest BCUT2D eigenvalue weighted by Gasteiger charge is 2.10. The van der Waals surface area contributed by atoms with E-state index in [2.05, 4.69) is 67.1 Å². The van der Waals surface area contributed by atoms with Gasteiger partial charge in [-0.2, -0.15) is 0 Å². The maximum atomic E-state index is 5.80. The molecule has 6 aromatic rings. The number of benzene rings is 4. The van der Waals surface area contributed by atoms with E-state index in [1.54, 1.807) is 44.3 Å². The maximum absolute atomic E-state index is 5.80. The number of nitrogen functional groups attached to an aromatic ring is 3. The number of anilines is 4. The minimum atomic E-state index is 0.768. The quantitative estimate of drug-likeness (QED) is 0.133. The lowest BCUT2D eigenvalue weighted by Crippen LogP contribution is -2.11. The Balaban J connectivity index is 0.000000165. The zero-order valence-corrected chi connectivity index (χ0v) is 25.9. The molecule has 4 aromatic carbocycles. The van der Waals surface area contributed by atoms with Gasteiger partial charge in [-0.25, -0.2) is 9.97 Å². The fourth-order valence-electron chi connectivity index (χ4n) is 4.25. The van der Waals surface area contributed by atoms with Gasteiger partial charge in [0.25, 0.3) is 0 Å². The maximum Gasteiger partial charge on any atom is 0.162 e. The molecule has 0 saturated heterocycles. The lowest BCUT2D eigenvalue weighted by atomic mass is 9.95. The summed E-state index contributed by atoms with van der Waals surface area (Å²) in [5.41, 5.74) is 28.1. The van der Waals surface area contributed by atoms with E-state index >= 15 is 0 Å². The molecule has 0 amide bonds. The van der Waals surface area contributed by atoms with Crippen LogP contribution in [0.5, 0.6) is 0 Å². The molecule has 0 bridgehead atoms. The van der Waals surface area contributed by atoms with E-state index in [0.717, 1.165) is 46.2 Å². The first kappa shape index (κ1) is 28.1. The molecule has 2 heterocycles. The summed E-state index contributed by atoms with van der Waals surface area (Å²) < 4.78 is 4.23. The molecule has 2 aromatic heterocycles. The number of fused-ring (bicyclic) bond motifs is 2. The van der Waals surface area contributed by atoms with Crippen LogP contribution < -0.4 is 22.1 Å². The van der Waals surface area contributed by atoms with Crippen molar-refractivity contribution in [2.75, 3.05) is 36.2 Å². The molecule has 0 fully saturated rings. The third-order valence-corrected chi connectivity index (χ3v) is 11.4. The number of nitrogens with zero attached hydrogens (tertiary/aromatic N) is 3. The Labute approximate surface area is 250 Å². The topological polar surface area (TPSA) is 107 Å². The zero-order valence-electron chi connectivity index (χ0n) is 22.6. The SMILES string of the molecule is Cc1c(-c2ccc(N)cc2)ccc(N(C)C)c1C.Nc1ccc2nc(SSc3nc4ccc(N)cc4s3)sc2c1. The van der Waals surface area contributed by atoms with E-state index in [4.69, 9.17) is 17.2 Å². The van der Waals surface area contributed by atoms with Crippen molar-refractivity contribution in [1.29, 1.82) is 0 Å². The van der Waals surface area contributed by atoms with Crippen LogP contribution in [0.1, 0.15) is 11.1 Å². The van der Waals surface area contributed by atoms with Crippen LogP contribution in [-0.4, -0.2) is 24.1 Å². The number of hydrogen-bond donors (Lipinski definition) is 3. The molecule has 204 valence electrons. The standard InChI is InChI=1S/C16H20N2.C14H10N4S4/c1-11-12(2)16(18(3)4)10-9-15(11)13-5-7-14(17)8-6-13;15-7-1-3-9-11(5-7)19-13(17-9)21-22-14-18-10-4-2-8(16)6-12(10)20-14/h5-10H,17H2,1-4H3;1-6H,15-16H2. The molecule has 0 radical (unpaired) electrons. The smallest absolute Gasteiger partial charge is 0.162 e. The van der Waals surface area contributed by atoms with Crippen LogP contribution in [0.15, 0.2) is 81.5 Å². The van der Waals surface area contributed by atoms with Gasteiger partial charge in [0.05, 0.1) is 20.4 Å². The molecule has 40 heavy (non-hydrogen) atoms. The van der Waals surface area contributed by atoms with E-state index in [0.29, 0.717) is 0 Å². The number of hydrogen-bond acceptors (Lipinski definition) is 10. The van der Waals surface area contributed by atoms with Crippen molar-refractivity contribution in [2.45, 2.75) is 22.5 Å². The summed E-state index contributed by atoms with van der Waals surface area (Å²) in [6, 6.07) is 24.0. The third kappa shape index (κ3) is 6.31. The normalized spacial score (nSPS) is 11.0. The van der Waals surface area contributed by atoms with Crippen LogP contribution in [-0.2, 0) is 0 Å². The van der Waals surface area contributed by atoms with Gasteiger partial charge in [-0.3, -0.25) is 0 Å². The molecule has 6 N–H and O–H groups in total. The fraction of sp³-hybridized carbons (Fsp3) is 0.133. The van der Waals surface area contributed by atoms with Gasteiger partial charge in [-0.1, -0.05) is 18.2 Å². The van der Waals surface area contributed by atoms with E-state index in [1.165, 1.54) is 27.9 Å². The number of thiazole rings is 2. The van der Waals surface area contributed by atoms with Gasteiger partial charge in [-0.05, 0) is 112 Å². The molecular weight excluding hydrogens is 573 g/mol. The molecular formula is C30H30N6S4. The predicted octanol–water partition coefficient (Wildman–Crippen LogP) is 8.49. The summed E-state index contributed by atoms with van der Waals surface area (Å²) in [7, 11) is 7.40. The summed E-state index contributed by atoms with van der Waals surface area (Å²) in [6.45, 7) is 4.35. The Bertz CT molecular complexity index is 1710. The van der Waals surface area contributed by atoms with Gasteiger partial charge in [0.1, 0.15) is 0 Å². The first-order valence-corrected chi connectivity index (χ1v) is 16.3. The molecule has 0 aliphatic rings. The third-order valence-electron chi connectivity index (χ3n) is 6.43. The van der Waals surface area contributed by atoms with E-state index in [9.17, 15) is 0 Å². The number of rotatable bonds is 5. The molecule has 0 unspecified atom stereocenters. The predicted molar refractivity (Wildman–Crippen MR) is 180 cm³/mol. The highest BCUT2D eigenvalue weighted by molar-refractivity contribution is 8.77. The van der Waals surface area contributed by atoms with Gasteiger partial charge in [0, 0.05) is 36.8 Å². The van der Waals surface area contributed by atoms with Crippen LogP contribution in [0, 0.1) is 13.8 Å².